The lowest BCUT2D eigenvalue weighted by atomic mass is 10.1. The van der Waals surface area contributed by atoms with Gasteiger partial charge in [0.05, 0.1) is 6.54 Å². The van der Waals surface area contributed by atoms with Crippen LogP contribution in [0.1, 0.15) is 18.1 Å². The first-order valence-electron chi connectivity index (χ1n) is 5.60. The van der Waals surface area contributed by atoms with Crippen molar-refractivity contribution in [3.8, 4) is 0 Å². The average molecular weight is 220 g/mol. The first-order valence-corrected chi connectivity index (χ1v) is 5.60. The maximum Gasteiger partial charge on any atom is 0.241 e. The second-order valence-electron chi connectivity index (χ2n) is 4.03. The van der Waals surface area contributed by atoms with Crippen LogP contribution in [0.25, 0.3) is 0 Å². The predicted molar refractivity (Wildman–Crippen MR) is 67.7 cm³/mol. The lowest BCUT2D eigenvalue weighted by Gasteiger charge is -2.17. The van der Waals surface area contributed by atoms with Crippen LogP contribution in [0.15, 0.2) is 18.2 Å². The molecule has 16 heavy (non-hydrogen) atoms. The molecule has 0 saturated heterocycles. The van der Waals surface area contributed by atoms with Gasteiger partial charge >= 0.3 is 0 Å². The van der Waals surface area contributed by atoms with Gasteiger partial charge in [-0.05, 0) is 31.9 Å². The average Bonchev–Trinajstić information content (AvgIpc) is 2.27. The van der Waals surface area contributed by atoms with Gasteiger partial charge in [0.2, 0.25) is 5.91 Å². The maximum atomic E-state index is 11.6. The van der Waals surface area contributed by atoms with Gasteiger partial charge in [-0.1, -0.05) is 18.2 Å². The van der Waals surface area contributed by atoms with Crippen LogP contribution in [0.2, 0.25) is 0 Å². The molecule has 88 valence electrons. The van der Waals surface area contributed by atoms with Crippen molar-refractivity contribution in [2.24, 2.45) is 0 Å². The van der Waals surface area contributed by atoms with Crippen molar-refractivity contribution in [3.63, 3.8) is 0 Å². The molecule has 1 rings (SSSR count). The number of amides is 1. The van der Waals surface area contributed by atoms with Crippen molar-refractivity contribution < 1.29 is 4.79 Å². The number of anilines is 1. The number of rotatable bonds is 4. The largest absolute Gasteiger partial charge is 0.376 e. The number of hydrogen-bond acceptors (Lipinski definition) is 2. The molecule has 0 aliphatic heterocycles. The number of carbonyl (C=O) groups excluding carboxylic acids is 1. The van der Waals surface area contributed by atoms with E-state index in [1.54, 1.807) is 4.90 Å². The van der Waals surface area contributed by atoms with Crippen LogP contribution in [-0.4, -0.2) is 30.9 Å². The number of nitrogens with one attached hydrogen (secondary N) is 1. The van der Waals surface area contributed by atoms with Gasteiger partial charge in [-0.15, -0.1) is 0 Å². The minimum Gasteiger partial charge on any atom is -0.376 e. The van der Waals surface area contributed by atoms with Gasteiger partial charge < -0.3 is 10.2 Å². The van der Waals surface area contributed by atoms with Gasteiger partial charge in [0.15, 0.2) is 0 Å². The molecule has 1 aromatic rings. The minimum absolute atomic E-state index is 0.116. The van der Waals surface area contributed by atoms with Gasteiger partial charge in [0.1, 0.15) is 0 Å². The third-order valence-electron chi connectivity index (χ3n) is 2.80. The molecule has 0 saturated carbocycles. The zero-order chi connectivity index (χ0) is 12.1. The van der Waals surface area contributed by atoms with Crippen LogP contribution in [0.4, 0.5) is 5.69 Å². The summed E-state index contributed by atoms with van der Waals surface area (Å²) in [5.41, 5.74) is 3.42. The highest BCUT2D eigenvalue weighted by Crippen LogP contribution is 2.18. The molecule has 0 unspecified atom stereocenters. The number of benzene rings is 1. The monoisotopic (exact) mass is 220 g/mol. The summed E-state index contributed by atoms with van der Waals surface area (Å²) in [6.45, 7) is 7.16. The Kier molecular flexibility index (Phi) is 4.35. The number of aryl methyl sites for hydroxylation is 2. The summed E-state index contributed by atoms with van der Waals surface area (Å²) in [5.74, 6) is 0.116. The standard InChI is InChI=1S/C13H20N2O/c1-5-15(4)12(16)9-14-13-10(2)7-6-8-11(13)3/h6-8,14H,5,9H2,1-4H3. The van der Waals surface area contributed by atoms with Crippen LogP contribution in [-0.2, 0) is 4.79 Å². The summed E-state index contributed by atoms with van der Waals surface area (Å²) < 4.78 is 0. The molecule has 0 radical (unpaired) electrons. The highest BCUT2D eigenvalue weighted by molar-refractivity contribution is 5.81. The molecule has 0 fully saturated rings. The van der Waals surface area contributed by atoms with Crippen molar-refractivity contribution in [2.75, 3.05) is 25.5 Å². The van der Waals surface area contributed by atoms with Crippen LogP contribution in [0, 0.1) is 13.8 Å². The SMILES string of the molecule is CCN(C)C(=O)CNc1c(C)cccc1C. The number of likely N-dealkylation sites (N-methyl/N-ethyl adjacent to an activating group) is 1. The van der Waals surface area contributed by atoms with E-state index in [0.29, 0.717) is 6.54 Å². The third kappa shape index (κ3) is 2.99. The van der Waals surface area contributed by atoms with Crippen LogP contribution >= 0.6 is 0 Å². The molecule has 1 aromatic carbocycles. The van der Waals surface area contributed by atoms with Crippen molar-refractivity contribution >= 4 is 11.6 Å². The highest BCUT2D eigenvalue weighted by atomic mass is 16.2. The zero-order valence-corrected chi connectivity index (χ0v) is 10.5. The van der Waals surface area contributed by atoms with E-state index in [0.717, 1.165) is 12.2 Å². The fourth-order valence-electron chi connectivity index (χ4n) is 1.57. The normalized spacial score (nSPS) is 10.0. The highest BCUT2D eigenvalue weighted by Gasteiger charge is 2.07. The van der Waals surface area contributed by atoms with Crippen molar-refractivity contribution in [1.29, 1.82) is 0 Å². The molecule has 1 amide bonds. The Morgan fingerprint density at radius 1 is 1.31 bits per heavy atom. The lowest BCUT2D eigenvalue weighted by molar-refractivity contribution is -0.127. The van der Waals surface area contributed by atoms with Gasteiger partial charge in [0.25, 0.3) is 0 Å². The predicted octanol–water partition coefficient (Wildman–Crippen LogP) is 2.19. The van der Waals surface area contributed by atoms with E-state index in [2.05, 4.69) is 5.32 Å². The molecular weight excluding hydrogens is 200 g/mol. The smallest absolute Gasteiger partial charge is 0.241 e. The molecule has 0 aliphatic rings. The van der Waals surface area contributed by atoms with Crippen LogP contribution in [0.5, 0.6) is 0 Å². The van der Waals surface area contributed by atoms with Crippen LogP contribution in [0.3, 0.4) is 0 Å². The zero-order valence-electron chi connectivity index (χ0n) is 10.5. The van der Waals surface area contributed by atoms with E-state index in [1.807, 2.05) is 46.0 Å². The number of carbonyl (C=O) groups is 1. The van der Waals surface area contributed by atoms with Gasteiger partial charge in [-0.25, -0.2) is 0 Å². The summed E-state index contributed by atoms with van der Waals surface area (Å²) in [5, 5.41) is 3.20. The summed E-state index contributed by atoms with van der Waals surface area (Å²) in [4.78, 5) is 13.3. The molecule has 1 N–H and O–H groups in total. The van der Waals surface area contributed by atoms with E-state index >= 15 is 0 Å². The Bertz CT molecular complexity index is 354. The van der Waals surface area contributed by atoms with Crippen molar-refractivity contribution in [3.05, 3.63) is 29.3 Å². The third-order valence-corrected chi connectivity index (χ3v) is 2.80. The van der Waals surface area contributed by atoms with E-state index in [1.165, 1.54) is 11.1 Å². The Morgan fingerprint density at radius 3 is 2.38 bits per heavy atom. The summed E-state index contributed by atoms with van der Waals surface area (Å²) in [6, 6.07) is 6.11. The maximum absolute atomic E-state index is 11.6. The lowest BCUT2D eigenvalue weighted by Crippen LogP contribution is -2.32. The van der Waals surface area contributed by atoms with Gasteiger partial charge in [-0.3, -0.25) is 4.79 Å². The molecule has 0 aliphatic carbocycles. The second kappa shape index (κ2) is 5.54. The molecule has 3 heteroatoms. The Labute approximate surface area is 97.5 Å². The topological polar surface area (TPSA) is 32.3 Å². The molecule has 3 nitrogen and oxygen atoms in total. The van der Waals surface area contributed by atoms with Crippen LogP contribution < -0.4 is 5.32 Å². The first-order chi connectivity index (χ1) is 7.56. The molecule has 0 heterocycles. The number of para-hydroxylation sites is 1. The minimum atomic E-state index is 0.116. The number of nitrogens with zero attached hydrogens (tertiary/aromatic N) is 1. The van der Waals surface area contributed by atoms with Gasteiger partial charge in [-0.2, -0.15) is 0 Å². The van der Waals surface area contributed by atoms with E-state index in [9.17, 15) is 4.79 Å². The molecule has 0 bridgehead atoms. The Balaban J connectivity index is 2.65. The Morgan fingerprint density at radius 2 is 1.88 bits per heavy atom. The van der Waals surface area contributed by atoms with Gasteiger partial charge in [0, 0.05) is 19.3 Å². The summed E-state index contributed by atoms with van der Waals surface area (Å²) in [7, 11) is 1.81. The Hall–Kier alpha value is -1.51. The van der Waals surface area contributed by atoms with E-state index in [-0.39, 0.29) is 5.91 Å². The summed E-state index contributed by atoms with van der Waals surface area (Å²) in [6.07, 6.45) is 0. The van der Waals surface area contributed by atoms with E-state index < -0.39 is 0 Å². The van der Waals surface area contributed by atoms with E-state index in [4.69, 9.17) is 0 Å². The number of hydrogen-bond donors (Lipinski definition) is 1. The quantitative estimate of drug-likeness (QED) is 0.843. The molecule has 0 atom stereocenters. The first kappa shape index (κ1) is 12.6. The second-order valence-corrected chi connectivity index (χ2v) is 4.03. The van der Waals surface area contributed by atoms with Crippen molar-refractivity contribution in [2.45, 2.75) is 20.8 Å². The molecule has 0 aromatic heterocycles. The summed E-state index contributed by atoms with van der Waals surface area (Å²) >= 11 is 0. The van der Waals surface area contributed by atoms with Crippen molar-refractivity contribution in [1.82, 2.24) is 4.90 Å². The molecular formula is C13H20N2O. The fourth-order valence-corrected chi connectivity index (χ4v) is 1.57. The molecule has 0 spiro atoms. The fraction of sp³-hybridized carbons (Fsp3) is 0.462.